The molecule has 2 atom stereocenters. The zero-order valence-corrected chi connectivity index (χ0v) is 11.8. The van der Waals surface area contributed by atoms with E-state index in [2.05, 4.69) is 41.0 Å². The highest BCUT2D eigenvalue weighted by molar-refractivity contribution is 5.78. The number of nitriles is 1. The van der Waals surface area contributed by atoms with E-state index in [1.165, 1.54) is 5.56 Å². The van der Waals surface area contributed by atoms with Crippen molar-refractivity contribution < 1.29 is 0 Å². The van der Waals surface area contributed by atoms with Gasteiger partial charge in [0.25, 0.3) is 0 Å². The monoisotopic (exact) mass is 273 g/mol. The third kappa shape index (κ3) is 1.92. The molecule has 1 saturated carbocycles. The van der Waals surface area contributed by atoms with Gasteiger partial charge in [-0.1, -0.05) is 30.3 Å². The smallest absolute Gasteiger partial charge is 0.113 e. The summed E-state index contributed by atoms with van der Waals surface area (Å²) < 4.78 is 2.14. The largest absolute Gasteiger partial charge is 0.331 e. The molecule has 3 heteroatoms. The minimum absolute atomic E-state index is 0.496. The van der Waals surface area contributed by atoms with Gasteiger partial charge in [-0.15, -0.1) is 0 Å². The van der Waals surface area contributed by atoms with Crippen LogP contribution in [0.1, 0.15) is 35.2 Å². The maximum absolute atomic E-state index is 9.03. The van der Waals surface area contributed by atoms with Gasteiger partial charge in [0.2, 0.25) is 0 Å². The molecular formula is C18H15N3. The van der Waals surface area contributed by atoms with Crippen LogP contribution in [-0.4, -0.2) is 9.55 Å². The highest BCUT2D eigenvalue weighted by atomic mass is 15.1. The van der Waals surface area contributed by atoms with Crippen molar-refractivity contribution in [2.45, 2.75) is 18.3 Å². The molecule has 1 aliphatic carbocycles. The Labute approximate surface area is 123 Å². The Morgan fingerprint density at radius 1 is 1.14 bits per heavy atom. The van der Waals surface area contributed by atoms with Crippen LogP contribution >= 0.6 is 0 Å². The van der Waals surface area contributed by atoms with Crippen molar-refractivity contribution in [2.24, 2.45) is 7.05 Å². The Hall–Kier alpha value is -2.60. The van der Waals surface area contributed by atoms with Crippen LogP contribution in [0.2, 0.25) is 0 Å². The van der Waals surface area contributed by atoms with Gasteiger partial charge in [0.15, 0.2) is 0 Å². The molecule has 2 aromatic carbocycles. The lowest BCUT2D eigenvalue weighted by atomic mass is 10.1. The van der Waals surface area contributed by atoms with E-state index in [1.807, 2.05) is 25.2 Å². The molecule has 102 valence electrons. The van der Waals surface area contributed by atoms with Crippen LogP contribution in [0.5, 0.6) is 0 Å². The Morgan fingerprint density at radius 3 is 2.71 bits per heavy atom. The van der Waals surface area contributed by atoms with Gasteiger partial charge in [0.05, 0.1) is 22.7 Å². The van der Waals surface area contributed by atoms with Gasteiger partial charge < -0.3 is 4.57 Å². The standard InChI is InChI=1S/C18H15N3/c1-21-17-9-12(11-19)7-8-16(17)20-18(21)15-10-14(15)13-5-3-2-4-6-13/h2-9,14-15H,10H2,1H3. The average Bonchev–Trinajstić information content (AvgIpc) is 3.27. The summed E-state index contributed by atoms with van der Waals surface area (Å²) in [4.78, 5) is 4.78. The molecule has 0 N–H and O–H groups in total. The Balaban J connectivity index is 1.73. The van der Waals surface area contributed by atoms with Gasteiger partial charge in [-0.05, 0) is 36.1 Å². The summed E-state index contributed by atoms with van der Waals surface area (Å²) in [5, 5.41) is 9.03. The Morgan fingerprint density at radius 2 is 1.95 bits per heavy atom. The minimum atomic E-state index is 0.496. The number of imidazole rings is 1. The molecule has 0 amide bonds. The van der Waals surface area contributed by atoms with Crippen LogP contribution in [0.3, 0.4) is 0 Å². The van der Waals surface area contributed by atoms with Gasteiger partial charge in [-0.25, -0.2) is 4.98 Å². The quantitative estimate of drug-likeness (QED) is 0.714. The molecule has 0 bridgehead atoms. The lowest BCUT2D eigenvalue weighted by Gasteiger charge is -2.02. The summed E-state index contributed by atoms with van der Waals surface area (Å²) in [6.45, 7) is 0. The first kappa shape index (κ1) is 12.2. The molecular weight excluding hydrogens is 258 g/mol. The summed E-state index contributed by atoms with van der Waals surface area (Å²) in [6, 6.07) is 18.5. The third-order valence-corrected chi connectivity index (χ3v) is 4.39. The van der Waals surface area contributed by atoms with Gasteiger partial charge in [-0.2, -0.15) is 5.26 Å². The molecule has 3 nitrogen and oxygen atoms in total. The number of aryl methyl sites for hydroxylation is 1. The summed E-state index contributed by atoms with van der Waals surface area (Å²) in [6.07, 6.45) is 1.16. The number of fused-ring (bicyclic) bond motifs is 1. The lowest BCUT2D eigenvalue weighted by Crippen LogP contribution is -1.96. The second-order valence-corrected chi connectivity index (χ2v) is 5.70. The van der Waals surface area contributed by atoms with Crippen LogP contribution in [0.4, 0.5) is 0 Å². The highest BCUT2D eigenvalue weighted by Gasteiger charge is 2.42. The second-order valence-electron chi connectivity index (χ2n) is 5.70. The molecule has 1 fully saturated rings. The Kier molecular flexibility index (Phi) is 2.58. The summed E-state index contributed by atoms with van der Waals surface area (Å²) in [7, 11) is 2.05. The van der Waals surface area contributed by atoms with E-state index in [1.54, 1.807) is 0 Å². The molecule has 0 aliphatic heterocycles. The molecule has 3 aromatic rings. The molecule has 1 aromatic heterocycles. The molecule has 2 unspecified atom stereocenters. The van der Waals surface area contributed by atoms with Crippen LogP contribution < -0.4 is 0 Å². The van der Waals surface area contributed by atoms with Crippen LogP contribution in [-0.2, 0) is 7.05 Å². The van der Waals surface area contributed by atoms with Gasteiger partial charge in [0, 0.05) is 13.0 Å². The van der Waals surface area contributed by atoms with Crippen LogP contribution in [0.25, 0.3) is 11.0 Å². The zero-order valence-electron chi connectivity index (χ0n) is 11.8. The maximum Gasteiger partial charge on any atom is 0.113 e. The fourth-order valence-corrected chi connectivity index (χ4v) is 3.16. The molecule has 0 spiro atoms. The number of benzene rings is 2. The van der Waals surface area contributed by atoms with Crippen molar-refractivity contribution in [3.05, 3.63) is 65.5 Å². The van der Waals surface area contributed by atoms with Crippen LogP contribution in [0, 0.1) is 11.3 Å². The first-order valence-electron chi connectivity index (χ1n) is 7.19. The minimum Gasteiger partial charge on any atom is -0.331 e. The van der Waals surface area contributed by atoms with E-state index < -0.39 is 0 Å². The number of hydrogen-bond donors (Lipinski definition) is 0. The second kappa shape index (κ2) is 4.46. The van der Waals surface area contributed by atoms with Crippen LogP contribution in [0.15, 0.2) is 48.5 Å². The SMILES string of the molecule is Cn1c(C2CC2c2ccccc2)nc2ccc(C#N)cc21. The number of aromatic nitrogens is 2. The summed E-state index contributed by atoms with van der Waals surface area (Å²) in [5.41, 5.74) is 4.10. The predicted octanol–water partition coefficient (Wildman–Crippen LogP) is 3.72. The third-order valence-electron chi connectivity index (χ3n) is 4.39. The number of hydrogen-bond acceptors (Lipinski definition) is 2. The zero-order chi connectivity index (χ0) is 14.4. The molecule has 1 aliphatic rings. The van der Waals surface area contributed by atoms with Crippen molar-refractivity contribution in [2.75, 3.05) is 0 Å². The topological polar surface area (TPSA) is 41.6 Å². The molecule has 0 saturated heterocycles. The van der Waals surface area contributed by atoms with Crippen molar-refractivity contribution in [3.8, 4) is 6.07 Å². The first-order valence-corrected chi connectivity index (χ1v) is 7.19. The van der Waals surface area contributed by atoms with E-state index in [4.69, 9.17) is 10.2 Å². The fraction of sp³-hybridized carbons (Fsp3) is 0.222. The summed E-state index contributed by atoms with van der Waals surface area (Å²) in [5.74, 6) is 2.21. The number of nitrogens with zero attached hydrogens (tertiary/aromatic N) is 3. The highest BCUT2D eigenvalue weighted by Crippen LogP contribution is 2.54. The van der Waals surface area contributed by atoms with E-state index >= 15 is 0 Å². The maximum atomic E-state index is 9.03. The lowest BCUT2D eigenvalue weighted by molar-refractivity contribution is 0.804. The predicted molar refractivity (Wildman–Crippen MR) is 82.0 cm³/mol. The van der Waals surface area contributed by atoms with Crippen molar-refractivity contribution in [3.63, 3.8) is 0 Å². The fourth-order valence-electron chi connectivity index (χ4n) is 3.16. The van der Waals surface area contributed by atoms with Crippen molar-refractivity contribution in [1.82, 2.24) is 9.55 Å². The summed E-state index contributed by atoms with van der Waals surface area (Å²) >= 11 is 0. The first-order chi connectivity index (χ1) is 10.3. The molecule has 21 heavy (non-hydrogen) atoms. The molecule has 0 radical (unpaired) electrons. The van der Waals surface area contributed by atoms with E-state index in [-0.39, 0.29) is 0 Å². The van der Waals surface area contributed by atoms with E-state index in [9.17, 15) is 0 Å². The number of rotatable bonds is 2. The van der Waals surface area contributed by atoms with Crippen molar-refractivity contribution >= 4 is 11.0 Å². The molecule has 1 heterocycles. The van der Waals surface area contributed by atoms with E-state index in [0.29, 0.717) is 17.4 Å². The normalized spacial score (nSPS) is 20.4. The van der Waals surface area contributed by atoms with Crippen molar-refractivity contribution in [1.29, 1.82) is 5.26 Å². The Bertz CT molecular complexity index is 855. The van der Waals surface area contributed by atoms with Gasteiger partial charge in [-0.3, -0.25) is 0 Å². The van der Waals surface area contributed by atoms with Gasteiger partial charge in [0.1, 0.15) is 5.82 Å². The van der Waals surface area contributed by atoms with E-state index in [0.717, 1.165) is 23.3 Å². The molecule has 4 rings (SSSR count). The van der Waals surface area contributed by atoms with Gasteiger partial charge >= 0.3 is 0 Å². The average molecular weight is 273 g/mol.